The van der Waals surface area contributed by atoms with E-state index in [1.165, 1.54) is 30.4 Å². The number of rotatable bonds is 5. The number of benzene rings is 1. The average molecular weight is 447 g/mol. The highest BCUT2D eigenvalue weighted by molar-refractivity contribution is 5.98. The van der Waals surface area contributed by atoms with E-state index < -0.39 is 0 Å². The van der Waals surface area contributed by atoms with E-state index in [1.54, 1.807) is 12.0 Å². The predicted octanol–water partition coefficient (Wildman–Crippen LogP) is 4.18. The van der Waals surface area contributed by atoms with Gasteiger partial charge in [-0.3, -0.25) is 14.5 Å². The van der Waals surface area contributed by atoms with E-state index in [9.17, 15) is 9.59 Å². The second kappa shape index (κ2) is 9.11. The fourth-order valence-corrected chi connectivity index (χ4v) is 6.76. The minimum atomic E-state index is 0. The minimum Gasteiger partial charge on any atom is -0.496 e. The zero-order valence-corrected chi connectivity index (χ0v) is 19.4. The number of carbonyl (C=O) groups excluding carboxylic acids is 2. The molecule has 5 rings (SSSR count). The summed E-state index contributed by atoms with van der Waals surface area (Å²) in [6, 6.07) is 6.45. The van der Waals surface area contributed by atoms with Crippen LogP contribution in [0.4, 0.5) is 0 Å². The second-order valence-corrected chi connectivity index (χ2v) is 10.0. The lowest BCUT2D eigenvalue weighted by molar-refractivity contribution is -0.153. The van der Waals surface area contributed by atoms with E-state index >= 15 is 0 Å². The first-order valence-corrected chi connectivity index (χ1v) is 11.8. The Hall–Kier alpha value is -1.59. The summed E-state index contributed by atoms with van der Waals surface area (Å²) in [5, 5.41) is 0. The fraction of sp³-hybridized carbons (Fsp3) is 0.680. The maximum absolute atomic E-state index is 12.7. The molecule has 5 nitrogen and oxygen atoms in total. The fourth-order valence-electron chi connectivity index (χ4n) is 6.76. The molecule has 31 heavy (non-hydrogen) atoms. The van der Waals surface area contributed by atoms with Gasteiger partial charge in [-0.25, -0.2) is 0 Å². The maximum Gasteiger partial charge on any atom is 0.229 e. The van der Waals surface area contributed by atoms with Crippen LogP contribution in [0.2, 0.25) is 0 Å². The zero-order valence-electron chi connectivity index (χ0n) is 18.6. The van der Waals surface area contributed by atoms with Gasteiger partial charge in [0.25, 0.3) is 0 Å². The number of methoxy groups -OCH3 is 1. The summed E-state index contributed by atoms with van der Waals surface area (Å²) in [6.45, 7) is 3.75. The predicted molar refractivity (Wildman–Crippen MR) is 123 cm³/mol. The van der Waals surface area contributed by atoms with Gasteiger partial charge in [-0.2, -0.15) is 0 Å². The van der Waals surface area contributed by atoms with Crippen LogP contribution in [0.5, 0.6) is 5.75 Å². The highest BCUT2D eigenvalue weighted by Gasteiger charge is 2.45. The highest BCUT2D eigenvalue weighted by atomic mass is 35.5. The van der Waals surface area contributed by atoms with Gasteiger partial charge < -0.3 is 9.64 Å². The molecule has 2 amide bonds. The highest BCUT2D eigenvalue weighted by Crippen LogP contribution is 2.48. The Morgan fingerprint density at radius 1 is 1.10 bits per heavy atom. The standard InChI is InChI=1S/C25H34N2O3.ClH/c1-30-21-7-4-6-18-14-19-17-26(13-8-20(19)24(18)21)11-5-12-27-22(28)15-25(16-23(27)29)9-2-3-10-25;/h4,6-7,19-20H,2-3,5,8-17H2,1H3;1H/t19-,20-;/m0./s1. The number of hydrogen-bond acceptors (Lipinski definition) is 4. The van der Waals surface area contributed by atoms with Gasteiger partial charge in [-0.15, -0.1) is 12.4 Å². The number of piperidine rings is 2. The molecule has 0 radical (unpaired) electrons. The third kappa shape index (κ3) is 4.23. The lowest BCUT2D eigenvalue weighted by atomic mass is 9.76. The van der Waals surface area contributed by atoms with Crippen LogP contribution in [0.3, 0.4) is 0 Å². The molecular weight excluding hydrogens is 412 g/mol. The Bertz CT molecular complexity index is 816. The van der Waals surface area contributed by atoms with Crippen molar-refractivity contribution in [3.63, 3.8) is 0 Å². The molecule has 2 aliphatic carbocycles. The van der Waals surface area contributed by atoms with Crippen molar-refractivity contribution < 1.29 is 14.3 Å². The quantitative estimate of drug-likeness (QED) is 0.636. The number of nitrogens with zero attached hydrogens (tertiary/aromatic N) is 2. The van der Waals surface area contributed by atoms with Crippen LogP contribution in [-0.2, 0) is 16.0 Å². The lowest BCUT2D eigenvalue weighted by Gasteiger charge is -2.38. The molecule has 2 saturated heterocycles. The molecule has 1 saturated carbocycles. The summed E-state index contributed by atoms with van der Waals surface area (Å²) in [4.78, 5) is 29.4. The number of halogens is 1. The Morgan fingerprint density at radius 3 is 2.55 bits per heavy atom. The van der Waals surface area contributed by atoms with Crippen LogP contribution in [0.1, 0.15) is 68.4 Å². The Kier molecular flexibility index (Phi) is 6.64. The van der Waals surface area contributed by atoms with E-state index in [-0.39, 0.29) is 29.6 Å². The van der Waals surface area contributed by atoms with Crippen LogP contribution in [0.25, 0.3) is 0 Å². The molecule has 170 valence electrons. The number of ether oxygens (including phenoxy) is 1. The molecule has 4 aliphatic rings. The summed E-state index contributed by atoms with van der Waals surface area (Å²) >= 11 is 0. The Labute approximate surface area is 191 Å². The van der Waals surface area contributed by atoms with Gasteiger partial charge in [0.1, 0.15) is 5.75 Å². The number of imide groups is 1. The number of carbonyl (C=O) groups is 2. The first-order valence-electron chi connectivity index (χ1n) is 11.8. The molecule has 6 heteroatoms. The molecule has 2 atom stereocenters. The molecule has 0 N–H and O–H groups in total. The lowest BCUT2D eigenvalue weighted by Crippen LogP contribution is -2.48. The average Bonchev–Trinajstić information content (AvgIpc) is 3.33. The number of likely N-dealkylation sites (tertiary alicyclic amines) is 2. The number of fused-ring (bicyclic) bond motifs is 3. The van der Waals surface area contributed by atoms with Crippen molar-refractivity contribution >= 4 is 24.2 Å². The molecule has 1 aromatic rings. The summed E-state index contributed by atoms with van der Waals surface area (Å²) in [7, 11) is 1.77. The van der Waals surface area contributed by atoms with Crippen molar-refractivity contribution in [2.24, 2.45) is 11.3 Å². The normalized spacial score (nSPS) is 27.2. The molecule has 1 spiro atoms. The van der Waals surface area contributed by atoms with Gasteiger partial charge in [0.15, 0.2) is 0 Å². The molecule has 0 unspecified atom stereocenters. The van der Waals surface area contributed by atoms with Crippen molar-refractivity contribution in [1.82, 2.24) is 9.80 Å². The number of hydrogen-bond donors (Lipinski definition) is 0. The van der Waals surface area contributed by atoms with E-state index in [4.69, 9.17) is 4.74 Å². The third-order valence-electron chi connectivity index (χ3n) is 8.22. The zero-order chi connectivity index (χ0) is 20.7. The van der Waals surface area contributed by atoms with E-state index in [0.717, 1.165) is 51.1 Å². The van der Waals surface area contributed by atoms with E-state index in [0.29, 0.717) is 31.2 Å². The molecular formula is C25H35ClN2O3. The maximum atomic E-state index is 12.7. The van der Waals surface area contributed by atoms with Gasteiger partial charge in [0, 0.05) is 31.5 Å². The topological polar surface area (TPSA) is 49.9 Å². The van der Waals surface area contributed by atoms with Gasteiger partial charge >= 0.3 is 0 Å². The SMILES string of the molecule is COc1cccc2c1[C@H]1CCN(CCCN3C(=O)CC4(CCCC4)CC3=O)C[C@@H]1C2.Cl. The van der Waals surface area contributed by atoms with E-state index in [2.05, 4.69) is 23.1 Å². The van der Waals surface area contributed by atoms with Crippen molar-refractivity contribution in [3.8, 4) is 5.75 Å². The van der Waals surface area contributed by atoms with Crippen molar-refractivity contribution in [2.45, 2.75) is 63.7 Å². The first-order chi connectivity index (χ1) is 14.6. The van der Waals surface area contributed by atoms with Crippen molar-refractivity contribution in [1.29, 1.82) is 0 Å². The summed E-state index contributed by atoms with van der Waals surface area (Å²) in [5.74, 6) is 2.47. The molecule has 3 fully saturated rings. The second-order valence-electron chi connectivity index (χ2n) is 10.0. The summed E-state index contributed by atoms with van der Waals surface area (Å²) < 4.78 is 5.64. The van der Waals surface area contributed by atoms with Crippen molar-refractivity contribution in [2.75, 3.05) is 33.3 Å². The molecule has 2 heterocycles. The molecule has 1 aromatic carbocycles. The Morgan fingerprint density at radius 2 is 1.84 bits per heavy atom. The van der Waals surface area contributed by atoms with E-state index in [1.807, 2.05) is 0 Å². The van der Waals surface area contributed by atoms with Gasteiger partial charge in [-0.1, -0.05) is 25.0 Å². The van der Waals surface area contributed by atoms with Gasteiger partial charge in [0.05, 0.1) is 7.11 Å². The monoisotopic (exact) mass is 446 g/mol. The molecule has 2 aliphatic heterocycles. The largest absolute Gasteiger partial charge is 0.496 e. The van der Waals surface area contributed by atoms with Crippen LogP contribution < -0.4 is 4.74 Å². The van der Waals surface area contributed by atoms with Crippen LogP contribution in [-0.4, -0.2) is 54.9 Å². The third-order valence-corrected chi connectivity index (χ3v) is 8.22. The number of amides is 2. The summed E-state index contributed by atoms with van der Waals surface area (Å²) in [6.07, 6.45) is 8.84. The van der Waals surface area contributed by atoms with Crippen LogP contribution >= 0.6 is 12.4 Å². The van der Waals surface area contributed by atoms with Crippen LogP contribution in [0.15, 0.2) is 18.2 Å². The van der Waals surface area contributed by atoms with Crippen molar-refractivity contribution in [3.05, 3.63) is 29.3 Å². The Balaban J connectivity index is 0.00000231. The van der Waals surface area contributed by atoms with Gasteiger partial charge in [0.2, 0.25) is 11.8 Å². The minimum absolute atomic E-state index is 0. The van der Waals surface area contributed by atoms with Crippen LogP contribution in [0, 0.1) is 11.3 Å². The molecule has 0 aromatic heterocycles. The first kappa shape index (κ1) is 22.6. The smallest absolute Gasteiger partial charge is 0.229 e. The summed E-state index contributed by atoms with van der Waals surface area (Å²) in [5.41, 5.74) is 2.90. The molecule has 0 bridgehead atoms. The van der Waals surface area contributed by atoms with Gasteiger partial charge in [-0.05, 0) is 74.1 Å².